The number of carbonyl (C=O) groups is 1. The number of aromatic nitrogens is 3. The molecule has 0 bridgehead atoms. The Bertz CT molecular complexity index is 562. The first-order valence-corrected chi connectivity index (χ1v) is 8.11. The van der Waals surface area contributed by atoms with E-state index >= 15 is 0 Å². The molecule has 0 aliphatic rings. The van der Waals surface area contributed by atoms with Crippen LogP contribution >= 0.6 is 0 Å². The fourth-order valence-electron chi connectivity index (χ4n) is 2.56. The monoisotopic (exact) mass is 287 g/mol. The molecule has 0 spiro atoms. The highest BCUT2D eigenvalue weighted by Gasteiger charge is 2.08. The molecule has 1 heterocycles. The Morgan fingerprint density at radius 3 is 2.57 bits per heavy atom. The molecular weight excluding hydrogens is 262 g/mol. The van der Waals surface area contributed by atoms with Gasteiger partial charge in [0, 0.05) is 6.42 Å². The highest BCUT2D eigenvalue weighted by molar-refractivity contribution is 5.81. The maximum absolute atomic E-state index is 12.0. The predicted octanol–water partition coefficient (Wildman–Crippen LogP) is 4.14. The molecule has 0 aliphatic heterocycles. The SMILES string of the molecule is CCCCCCCCCC(=O)Cn1nnc2ccccc21. The first-order valence-electron chi connectivity index (χ1n) is 8.11. The summed E-state index contributed by atoms with van der Waals surface area (Å²) in [7, 11) is 0. The number of Topliss-reactive ketones (excluding diaryl/α,β-unsaturated/α-hetero) is 1. The molecule has 4 nitrogen and oxygen atoms in total. The molecule has 0 atom stereocenters. The topological polar surface area (TPSA) is 47.8 Å². The normalized spacial score (nSPS) is 11.1. The minimum absolute atomic E-state index is 0.249. The zero-order chi connectivity index (χ0) is 14.9. The van der Waals surface area contributed by atoms with Crippen molar-refractivity contribution in [3.63, 3.8) is 0 Å². The van der Waals surface area contributed by atoms with Gasteiger partial charge in [0.2, 0.25) is 0 Å². The number of carbonyl (C=O) groups excluding carboxylic acids is 1. The van der Waals surface area contributed by atoms with Crippen molar-refractivity contribution in [2.45, 2.75) is 64.8 Å². The zero-order valence-corrected chi connectivity index (χ0v) is 12.9. The van der Waals surface area contributed by atoms with Crippen LogP contribution in [0, 0.1) is 0 Å². The van der Waals surface area contributed by atoms with E-state index in [0.29, 0.717) is 13.0 Å². The van der Waals surface area contributed by atoms with Crippen LogP contribution in [0.4, 0.5) is 0 Å². The molecule has 0 aliphatic carbocycles. The van der Waals surface area contributed by atoms with Crippen molar-refractivity contribution in [3.05, 3.63) is 24.3 Å². The third-order valence-electron chi connectivity index (χ3n) is 3.81. The molecule has 0 fully saturated rings. The predicted molar refractivity (Wildman–Crippen MR) is 85.1 cm³/mol. The molecule has 114 valence electrons. The van der Waals surface area contributed by atoms with E-state index in [0.717, 1.165) is 23.9 Å². The molecule has 1 aromatic heterocycles. The third kappa shape index (κ3) is 4.96. The van der Waals surface area contributed by atoms with E-state index in [4.69, 9.17) is 0 Å². The summed E-state index contributed by atoms with van der Waals surface area (Å²) in [6, 6.07) is 7.75. The van der Waals surface area contributed by atoms with Gasteiger partial charge in [0.1, 0.15) is 12.1 Å². The number of hydrogen-bond donors (Lipinski definition) is 0. The average molecular weight is 287 g/mol. The van der Waals surface area contributed by atoms with Gasteiger partial charge in [-0.05, 0) is 18.6 Å². The Hall–Kier alpha value is -1.71. The van der Waals surface area contributed by atoms with Crippen molar-refractivity contribution in [2.24, 2.45) is 0 Å². The van der Waals surface area contributed by atoms with E-state index in [2.05, 4.69) is 17.2 Å². The molecule has 0 saturated carbocycles. The van der Waals surface area contributed by atoms with Crippen LogP contribution in [-0.4, -0.2) is 20.8 Å². The largest absolute Gasteiger partial charge is 0.298 e. The number of para-hydroxylation sites is 1. The lowest BCUT2D eigenvalue weighted by atomic mass is 10.1. The van der Waals surface area contributed by atoms with Crippen LogP contribution in [0.1, 0.15) is 58.3 Å². The van der Waals surface area contributed by atoms with Gasteiger partial charge in [-0.15, -0.1) is 5.10 Å². The van der Waals surface area contributed by atoms with Crippen LogP contribution in [0.25, 0.3) is 11.0 Å². The van der Waals surface area contributed by atoms with Gasteiger partial charge in [0.25, 0.3) is 0 Å². The van der Waals surface area contributed by atoms with Crippen LogP contribution in [0.15, 0.2) is 24.3 Å². The minimum Gasteiger partial charge on any atom is -0.298 e. The highest BCUT2D eigenvalue weighted by atomic mass is 16.1. The van der Waals surface area contributed by atoms with Crippen LogP contribution in [0.2, 0.25) is 0 Å². The van der Waals surface area contributed by atoms with Gasteiger partial charge in [0.15, 0.2) is 5.78 Å². The summed E-state index contributed by atoms with van der Waals surface area (Å²) in [5.41, 5.74) is 1.78. The van der Waals surface area contributed by atoms with Gasteiger partial charge in [-0.1, -0.05) is 62.8 Å². The Labute approximate surface area is 126 Å². The standard InChI is InChI=1S/C17H25N3O/c1-2-3-4-5-6-7-8-11-15(21)14-20-17-13-10-9-12-16(17)18-19-20/h9-10,12-13H,2-8,11,14H2,1H3. The number of hydrogen-bond acceptors (Lipinski definition) is 3. The van der Waals surface area contributed by atoms with Crippen molar-refractivity contribution < 1.29 is 4.79 Å². The summed E-state index contributed by atoms with van der Waals surface area (Å²) in [5, 5.41) is 8.13. The summed E-state index contributed by atoms with van der Waals surface area (Å²) in [6.07, 6.45) is 9.31. The summed E-state index contributed by atoms with van der Waals surface area (Å²) in [4.78, 5) is 12.0. The molecule has 1 aromatic carbocycles. The molecule has 0 amide bonds. The molecule has 2 aromatic rings. The number of unbranched alkanes of at least 4 members (excludes halogenated alkanes) is 6. The van der Waals surface area contributed by atoms with Crippen molar-refractivity contribution in [2.75, 3.05) is 0 Å². The van der Waals surface area contributed by atoms with E-state index in [1.807, 2.05) is 24.3 Å². The molecule has 0 saturated heterocycles. The van der Waals surface area contributed by atoms with Crippen molar-refractivity contribution in [1.82, 2.24) is 15.0 Å². The van der Waals surface area contributed by atoms with Gasteiger partial charge >= 0.3 is 0 Å². The summed E-state index contributed by atoms with van der Waals surface area (Å²) < 4.78 is 1.71. The van der Waals surface area contributed by atoms with Crippen molar-refractivity contribution in [1.29, 1.82) is 0 Å². The van der Waals surface area contributed by atoms with E-state index in [9.17, 15) is 4.79 Å². The van der Waals surface area contributed by atoms with Crippen LogP contribution in [-0.2, 0) is 11.3 Å². The van der Waals surface area contributed by atoms with Crippen molar-refractivity contribution in [3.8, 4) is 0 Å². The van der Waals surface area contributed by atoms with Crippen molar-refractivity contribution >= 4 is 16.8 Å². The van der Waals surface area contributed by atoms with E-state index in [1.165, 1.54) is 32.1 Å². The van der Waals surface area contributed by atoms with Gasteiger partial charge in [0.05, 0.1) is 5.52 Å². The fourth-order valence-corrected chi connectivity index (χ4v) is 2.56. The second-order valence-corrected chi connectivity index (χ2v) is 5.65. The minimum atomic E-state index is 0.249. The lowest BCUT2D eigenvalue weighted by Gasteiger charge is -2.03. The lowest BCUT2D eigenvalue weighted by Crippen LogP contribution is -2.11. The second-order valence-electron chi connectivity index (χ2n) is 5.65. The van der Waals surface area contributed by atoms with Gasteiger partial charge in [-0.2, -0.15) is 0 Å². The Morgan fingerprint density at radius 1 is 1.05 bits per heavy atom. The fraction of sp³-hybridized carbons (Fsp3) is 0.588. The number of benzene rings is 1. The first kappa shape index (κ1) is 15.7. The van der Waals surface area contributed by atoms with Gasteiger partial charge in [-0.25, -0.2) is 4.68 Å². The third-order valence-corrected chi connectivity index (χ3v) is 3.81. The van der Waals surface area contributed by atoms with E-state index in [1.54, 1.807) is 4.68 Å². The highest BCUT2D eigenvalue weighted by Crippen LogP contribution is 2.11. The molecule has 4 heteroatoms. The lowest BCUT2D eigenvalue weighted by molar-refractivity contribution is -0.119. The van der Waals surface area contributed by atoms with Gasteiger partial charge < -0.3 is 0 Å². The quantitative estimate of drug-likeness (QED) is 0.617. The maximum atomic E-state index is 12.0. The van der Waals surface area contributed by atoms with Gasteiger partial charge in [-0.3, -0.25) is 4.79 Å². The second kappa shape index (κ2) is 8.55. The Balaban J connectivity index is 1.68. The summed E-state index contributed by atoms with van der Waals surface area (Å²) in [5.74, 6) is 0.249. The van der Waals surface area contributed by atoms with Crippen LogP contribution < -0.4 is 0 Å². The molecule has 21 heavy (non-hydrogen) atoms. The molecular formula is C17H25N3O. The van der Waals surface area contributed by atoms with Crippen LogP contribution in [0.3, 0.4) is 0 Å². The van der Waals surface area contributed by atoms with Crippen LogP contribution in [0.5, 0.6) is 0 Å². The Kier molecular flexibility index (Phi) is 6.38. The number of ketones is 1. The molecule has 0 N–H and O–H groups in total. The summed E-state index contributed by atoms with van der Waals surface area (Å²) >= 11 is 0. The zero-order valence-electron chi connectivity index (χ0n) is 12.9. The van der Waals surface area contributed by atoms with E-state index < -0.39 is 0 Å². The molecule has 2 rings (SSSR count). The number of rotatable bonds is 10. The smallest absolute Gasteiger partial charge is 0.154 e. The average Bonchev–Trinajstić information content (AvgIpc) is 2.90. The summed E-state index contributed by atoms with van der Waals surface area (Å²) in [6.45, 7) is 2.57. The number of fused-ring (bicyclic) bond motifs is 1. The number of nitrogens with zero attached hydrogens (tertiary/aromatic N) is 3. The molecule has 0 radical (unpaired) electrons. The van der Waals surface area contributed by atoms with E-state index in [-0.39, 0.29) is 5.78 Å². The maximum Gasteiger partial charge on any atom is 0.154 e. The Morgan fingerprint density at radius 2 is 1.76 bits per heavy atom. The molecule has 0 unspecified atom stereocenters. The first-order chi connectivity index (χ1) is 10.3.